The Morgan fingerprint density at radius 2 is 1.77 bits per heavy atom. The van der Waals surface area contributed by atoms with E-state index in [2.05, 4.69) is 0 Å². The second-order valence-electron chi connectivity index (χ2n) is 5.36. The lowest BCUT2D eigenvalue weighted by molar-refractivity contribution is -0.131. The molecule has 4 nitrogen and oxygen atoms in total. The molecule has 118 valence electrons. The number of allylic oxidation sites excluding steroid dienone is 3. The highest BCUT2D eigenvalue weighted by atomic mass is 16.4. The lowest BCUT2D eigenvalue weighted by atomic mass is 9.96. The van der Waals surface area contributed by atoms with Crippen molar-refractivity contribution < 1.29 is 14.7 Å². The predicted molar refractivity (Wildman–Crippen MR) is 89.4 cm³/mol. The van der Waals surface area contributed by atoms with Gasteiger partial charge in [0.25, 0.3) is 0 Å². The van der Waals surface area contributed by atoms with E-state index in [1.807, 2.05) is 63.2 Å². The lowest BCUT2D eigenvalue weighted by Gasteiger charge is -2.13. The van der Waals surface area contributed by atoms with Gasteiger partial charge in [-0.05, 0) is 30.7 Å². The fourth-order valence-electron chi connectivity index (χ4n) is 2.05. The van der Waals surface area contributed by atoms with Crippen LogP contribution in [0.4, 0.5) is 5.69 Å². The maximum absolute atomic E-state index is 12.4. The third-order valence-corrected chi connectivity index (χ3v) is 3.39. The van der Waals surface area contributed by atoms with Gasteiger partial charge in [-0.25, -0.2) is 4.79 Å². The first-order valence-corrected chi connectivity index (χ1v) is 7.28. The highest BCUT2D eigenvalue weighted by Gasteiger charge is 2.13. The van der Waals surface area contributed by atoms with Gasteiger partial charge < -0.3 is 10.0 Å². The minimum atomic E-state index is -0.988. The molecule has 1 unspecified atom stereocenters. The quantitative estimate of drug-likeness (QED) is 0.475. The normalized spacial score (nSPS) is 13.2. The van der Waals surface area contributed by atoms with Crippen molar-refractivity contribution in [3.8, 4) is 0 Å². The molecule has 0 aliphatic heterocycles. The van der Waals surface area contributed by atoms with Gasteiger partial charge in [-0.15, -0.1) is 0 Å². The standard InChI is InChI=1S/C18H23NO3/c1-5-14(6-11-17(20)21)12-13(2)18(22)15-7-9-16(10-8-15)19(3)4/h6-13H,5H2,1-4H3,(H,20,21)/b11-6+,14-12+. The summed E-state index contributed by atoms with van der Waals surface area (Å²) in [7, 11) is 3.90. The molecule has 0 saturated heterocycles. The zero-order valence-electron chi connectivity index (χ0n) is 13.5. The van der Waals surface area contributed by atoms with Gasteiger partial charge in [0.1, 0.15) is 0 Å². The molecule has 0 aromatic heterocycles. The molecular formula is C18H23NO3. The number of hydrogen-bond donors (Lipinski definition) is 1. The first-order chi connectivity index (χ1) is 10.3. The summed E-state index contributed by atoms with van der Waals surface area (Å²) in [5.41, 5.74) is 2.54. The van der Waals surface area contributed by atoms with Crippen LogP contribution in [0.15, 0.2) is 48.1 Å². The van der Waals surface area contributed by atoms with Crippen molar-refractivity contribution in [3.63, 3.8) is 0 Å². The van der Waals surface area contributed by atoms with E-state index < -0.39 is 5.97 Å². The highest BCUT2D eigenvalue weighted by Crippen LogP contribution is 2.17. The van der Waals surface area contributed by atoms with E-state index in [1.54, 1.807) is 6.08 Å². The molecule has 1 aromatic rings. The second kappa shape index (κ2) is 8.17. The Morgan fingerprint density at radius 3 is 2.23 bits per heavy atom. The van der Waals surface area contributed by atoms with Crippen LogP contribution in [-0.4, -0.2) is 31.0 Å². The number of rotatable bonds is 7. The van der Waals surface area contributed by atoms with Crippen molar-refractivity contribution in [2.75, 3.05) is 19.0 Å². The smallest absolute Gasteiger partial charge is 0.328 e. The van der Waals surface area contributed by atoms with E-state index in [-0.39, 0.29) is 11.7 Å². The maximum atomic E-state index is 12.4. The van der Waals surface area contributed by atoms with Gasteiger partial charge in [-0.1, -0.05) is 31.6 Å². The average molecular weight is 301 g/mol. The summed E-state index contributed by atoms with van der Waals surface area (Å²) in [4.78, 5) is 25.0. The summed E-state index contributed by atoms with van der Waals surface area (Å²) < 4.78 is 0. The number of carboxylic acid groups (broad SMARTS) is 1. The third-order valence-electron chi connectivity index (χ3n) is 3.39. The van der Waals surface area contributed by atoms with Crippen molar-refractivity contribution in [3.05, 3.63) is 53.6 Å². The number of aliphatic carboxylic acids is 1. The lowest BCUT2D eigenvalue weighted by Crippen LogP contribution is -2.11. The molecule has 4 heteroatoms. The Bertz CT molecular complexity index is 583. The summed E-state index contributed by atoms with van der Waals surface area (Å²) in [5.74, 6) is -1.25. The number of carboxylic acids is 1. The number of hydrogen-bond acceptors (Lipinski definition) is 3. The molecule has 1 N–H and O–H groups in total. The van der Waals surface area contributed by atoms with Crippen molar-refractivity contribution in [2.45, 2.75) is 20.3 Å². The Hall–Kier alpha value is -2.36. The van der Waals surface area contributed by atoms with Crippen LogP contribution in [-0.2, 0) is 4.79 Å². The molecule has 1 rings (SSSR count). The van der Waals surface area contributed by atoms with E-state index in [4.69, 9.17) is 5.11 Å². The summed E-state index contributed by atoms with van der Waals surface area (Å²) in [6.07, 6.45) is 5.14. The first-order valence-electron chi connectivity index (χ1n) is 7.28. The molecule has 0 aliphatic rings. The molecule has 0 aliphatic carbocycles. The van der Waals surface area contributed by atoms with Crippen molar-refractivity contribution in [1.82, 2.24) is 0 Å². The number of ketones is 1. The van der Waals surface area contributed by atoms with Gasteiger partial charge in [0.05, 0.1) is 0 Å². The zero-order valence-corrected chi connectivity index (χ0v) is 13.5. The molecule has 1 aromatic carbocycles. The topological polar surface area (TPSA) is 57.6 Å². The van der Waals surface area contributed by atoms with Gasteiger partial charge in [-0.3, -0.25) is 4.79 Å². The van der Waals surface area contributed by atoms with Crippen LogP contribution in [0, 0.1) is 5.92 Å². The monoisotopic (exact) mass is 301 g/mol. The van der Waals surface area contributed by atoms with Crippen molar-refractivity contribution in [1.29, 1.82) is 0 Å². The van der Waals surface area contributed by atoms with Gasteiger partial charge in [0.2, 0.25) is 0 Å². The van der Waals surface area contributed by atoms with E-state index in [0.29, 0.717) is 12.0 Å². The largest absolute Gasteiger partial charge is 0.478 e. The first kappa shape index (κ1) is 17.7. The average Bonchev–Trinajstić information content (AvgIpc) is 2.50. The van der Waals surface area contributed by atoms with Crippen LogP contribution >= 0.6 is 0 Å². The van der Waals surface area contributed by atoms with Crippen LogP contribution in [0.3, 0.4) is 0 Å². The van der Waals surface area contributed by atoms with Crippen molar-refractivity contribution >= 4 is 17.4 Å². The maximum Gasteiger partial charge on any atom is 0.328 e. The molecule has 0 bridgehead atoms. The fraction of sp³-hybridized carbons (Fsp3) is 0.333. The number of carbonyl (C=O) groups excluding carboxylic acids is 1. The van der Waals surface area contributed by atoms with Gasteiger partial charge in [0, 0.05) is 37.3 Å². The number of benzene rings is 1. The number of anilines is 1. The van der Waals surface area contributed by atoms with Crippen molar-refractivity contribution in [2.24, 2.45) is 5.92 Å². The number of carbonyl (C=O) groups is 2. The number of Topliss-reactive ketones (excluding diaryl/α,β-unsaturated/α-hetero) is 1. The summed E-state index contributed by atoms with van der Waals surface area (Å²) in [5, 5.41) is 8.67. The van der Waals surface area contributed by atoms with Crippen LogP contribution in [0.5, 0.6) is 0 Å². The van der Waals surface area contributed by atoms with Gasteiger partial charge in [0.15, 0.2) is 5.78 Å². The van der Waals surface area contributed by atoms with Gasteiger partial charge in [-0.2, -0.15) is 0 Å². The number of nitrogens with zero attached hydrogens (tertiary/aromatic N) is 1. The van der Waals surface area contributed by atoms with Gasteiger partial charge >= 0.3 is 5.97 Å². The van der Waals surface area contributed by atoms with Crippen LogP contribution in [0.25, 0.3) is 0 Å². The Kier molecular flexibility index (Phi) is 6.57. The SMILES string of the molecule is CCC(/C=C/C(=O)O)=C\C(C)C(=O)c1ccc(N(C)C)cc1. The molecule has 0 radical (unpaired) electrons. The Morgan fingerprint density at radius 1 is 1.18 bits per heavy atom. The molecule has 0 fully saturated rings. The van der Waals surface area contributed by atoms with Crippen LogP contribution < -0.4 is 4.90 Å². The molecule has 1 atom stereocenters. The molecule has 0 saturated carbocycles. The predicted octanol–water partition coefficient (Wildman–Crippen LogP) is 3.55. The zero-order chi connectivity index (χ0) is 16.7. The van der Waals surface area contributed by atoms with E-state index in [0.717, 1.165) is 17.3 Å². The van der Waals surface area contributed by atoms with E-state index >= 15 is 0 Å². The Balaban J connectivity index is 2.89. The van der Waals surface area contributed by atoms with E-state index in [1.165, 1.54) is 0 Å². The van der Waals surface area contributed by atoms with Crippen LogP contribution in [0.1, 0.15) is 30.6 Å². The summed E-state index contributed by atoms with van der Waals surface area (Å²) in [6.45, 7) is 3.76. The fourth-order valence-corrected chi connectivity index (χ4v) is 2.05. The molecule has 0 amide bonds. The molecule has 0 spiro atoms. The summed E-state index contributed by atoms with van der Waals surface area (Å²) in [6, 6.07) is 7.46. The van der Waals surface area contributed by atoms with Crippen LogP contribution in [0.2, 0.25) is 0 Å². The second-order valence-corrected chi connectivity index (χ2v) is 5.36. The highest BCUT2D eigenvalue weighted by molar-refractivity contribution is 5.99. The third kappa shape index (κ3) is 5.20. The molecule has 22 heavy (non-hydrogen) atoms. The Labute approximate surface area is 131 Å². The minimum Gasteiger partial charge on any atom is -0.478 e. The molecular weight excluding hydrogens is 278 g/mol. The molecule has 0 heterocycles. The van der Waals surface area contributed by atoms with E-state index in [9.17, 15) is 9.59 Å². The summed E-state index contributed by atoms with van der Waals surface area (Å²) >= 11 is 0. The minimum absolute atomic E-state index is 0.0278.